The fraction of sp³-hybridized carbons (Fsp3) is 0.889. The maximum absolute atomic E-state index is 11.8. The van der Waals surface area contributed by atoms with E-state index in [4.69, 9.17) is 4.74 Å². The van der Waals surface area contributed by atoms with Crippen molar-refractivity contribution < 1.29 is 14.3 Å². The Morgan fingerprint density at radius 2 is 1.62 bits per heavy atom. The van der Waals surface area contributed by atoms with Gasteiger partial charge in [-0.25, -0.2) is 4.79 Å². The van der Waals surface area contributed by atoms with Gasteiger partial charge in [0, 0.05) is 33.1 Å². The molecule has 0 atom stereocenters. The second-order valence-corrected chi connectivity index (χ2v) is 6.08. The smallest absolute Gasteiger partial charge is 0.409 e. The molecule has 0 aromatic heterocycles. The molecule has 0 heterocycles. The summed E-state index contributed by atoms with van der Waals surface area (Å²) in [6, 6.07) is 0. The number of ether oxygens (including phenoxy) is 1. The Bertz CT molecular complexity index is 333. The summed E-state index contributed by atoms with van der Waals surface area (Å²) < 4.78 is 5.28. The van der Waals surface area contributed by atoms with Gasteiger partial charge in [-0.3, -0.25) is 4.79 Å². The maximum atomic E-state index is 11.8. The Morgan fingerprint density at radius 3 is 2.25 bits per heavy atom. The molecular formula is C18H37N3O3. The van der Waals surface area contributed by atoms with Crippen LogP contribution in [0.3, 0.4) is 0 Å². The van der Waals surface area contributed by atoms with Crippen molar-refractivity contribution in [3.63, 3.8) is 0 Å². The van der Waals surface area contributed by atoms with Crippen molar-refractivity contribution in [3.8, 4) is 0 Å². The van der Waals surface area contributed by atoms with Crippen LogP contribution < -0.4 is 5.32 Å². The van der Waals surface area contributed by atoms with Gasteiger partial charge in [0.05, 0.1) is 6.61 Å². The Hall–Kier alpha value is -1.30. The van der Waals surface area contributed by atoms with E-state index in [1.807, 2.05) is 6.92 Å². The summed E-state index contributed by atoms with van der Waals surface area (Å²) in [4.78, 5) is 27.0. The molecule has 2 amide bonds. The van der Waals surface area contributed by atoms with Crippen LogP contribution in [-0.2, 0) is 9.53 Å². The Labute approximate surface area is 147 Å². The molecule has 0 unspecified atom stereocenters. The van der Waals surface area contributed by atoms with Crippen molar-refractivity contribution in [1.82, 2.24) is 15.1 Å². The van der Waals surface area contributed by atoms with Crippen molar-refractivity contribution in [3.05, 3.63) is 0 Å². The van der Waals surface area contributed by atoms with Gasteiger partial charge in [-0.05, 0) is 38.8 Å². The Kier molecular flexibility index (Phi) is 14.4. The lowest BCUT2D eigenvalue weighted by Gasteiger charge is -2.22. The predicted molar refractivity (Wildman–Crippen MR) is 98.2 cm³/mol. The molecule has 0 fully saturated rings. The lowest BCUT2D eigenvalue weighted by Crippen LogP contribution is -2.36. The predicted octanol–water partition coefficient (Wildman–Crippen LogP) is 2.87. The number of carbonyl (C=O) groups excluding carboxylic acids is 2. The highest BCUT2D eigenvalue weighted by atomic mass is 16.6. The molecule has 6 heteroatoms. The molecule has 6 nitrogen and oxygen atoms in total. The zero-order valence-corrected chi connectivity index (χ0v) is 16.1. The number of rotatable bonds is 14. The van der Waals surface area contributed by atoms with Crippen LogP contribution in [0.15, 0.2) is 0 Å². The largest absolute Gasteiger partial charge is 0.449 e. The van der Waals surface area contributed by atoms with E-state index in [1.165, 1.54) is 0 Å². The molecule has 0 aromatic rings. The second-order valence-electron chi connectivity index (χ2n) is 6.08. The van der Waals surface area contributed by atoms with Crippen molar-refractivity contribution in [2.75, 3.05) is 46.4 Å². The lowest BCUT2D eigenvalue weighted by molar-refractivity contribution is -0.121. The molecule has 0 spiro atoms. The summed E-state index contributed by atoms with van der Waals surface area (Å²) in [7, 11) is 1.78. The van der Waals surface area contributed by atoms with E-state index in [0.29, 0.717) is 19.6 Å². The van der Waals surface area contributed by atoms with Crippen LogP contribution in [0, 0.1) is 0 Å². The van der Waals surface area contributed by atoms with Gasteiger partial charge in [-0.2, -0.15) is 0 Å². The van der Waals surface area contributed by atoms with Crippen LogP contribution in [0.25, 0.3) is 0 Å². The first-order valence-electron chi connectivity index (χ1n) is 9.42. The maximum Gasteiger partial charge on any atom is 0.409 e. The van der Waals surface area contributed by atoms with Gasteiger partial charge >= 0.3 is 6.09 Å². The van der Waals surface area contributed by atoms with Crippen LogP contribution >= 0.6 is 0 Å². The van der Waals surface area contributed by atoms with Gasteiger partial charge in [0.2, 0.25) is 5.91 Å². The summed E-state index contributed by atoms with van der Waals surface area (Å²) in [5.74, 6) is 0.138. The molecule has 0 radical (unpaired) electrons. The average Bonchev–Trinajstić information content (AvgIpc) is 2.57. The molecule has 142 valence electrons. The quantitative estimate of drug-likeness (QED) is 0.493. The van der Waals surface area contributed by atoms with E-state index in [0.717, 1.165) is 58.3 Å². The molecule has 0 aliphatic heterocycles. The molecule has 0 aromatic carbocycles. The van der Waals surface area contributed by atoms with Gasteiger partial charge in [-0.1, -0.05) is 27.2 Å². The highest BCUT2D eigenvalue weighted by Crippen LogP contribution is 2.01. The summed E-state index contributed by atoms with van der Waals surface area (Å²) in [6.45, 7) is 11.0. The SMILES string of the molecule is CCCC(=O)NCCCCCCOC(=O)N(C)CCN(CC)CC. The first-order chi connectivity index (χ1) is 11.5. The lowest BCUT2D eigenvalue weighted by atomic mass is 10.2. The van der Waals surface area contributed by atoms with Crippen molar-refractivity contribution in [2.24, 2.45) is 0 Å². The first kappa shape index (κ1) is 22.7. The van der Waals surface area contributed by atoms with Gasteiger partial charge in [0.15, 0.2) is 0 Å². The van der Waals surface area contributed by atoms with E-state index in [-0.39, 0.29) is 12.0 Å². The first-order valence-corrected chi connectivity index (χ1v) is 9.42. The van der Waals surface area contributed by atoms with Crippen LogP contribution in [0.1, 0.15) is 59.3 Å². The fourth-order valence-corrected chi connectivity index (χ4v) is 2.32. The van der Waals surface area contributed by atoms with Crippen LogP contribution in [0.4, 0.5) is 4.79 Å². The van der Waals surface area contributed by atoms with Crippen molar-refractivity contribution in [2.45, 2.75) is 59.3 Å². The molecule has 0 aliphatic rings. The van der Waals surface area contributed by atoms with Gasteiger partial charge < -0.3 is 19.9 Å². The topological polar surface area (TPSA) is 61.9 Å². The number of unbranched alkanes of at least 4 members (excludes halogenated alkanes) is 3. The zero-order valence-electron chi connectivity index (χ0n) is 16.1. The minimum atomic E-state index is -0.242. The Morgan fingerprint density at radius 1 is 0.958 bits per heavy atom. The van der Waals surface area contributed by atoms with Crippen molar-refractivity contribution >= 4 is 12.0 Å². The van der Waals surface area contributed by atoms with Crippen molar-refractivity contribution in [1.29, 1.82) is 0 Å². The number of nitrogens with zero attached hydrogens (tertiary/aromatic N) is 2. The molecule has 24 heavy (non-hydrogen) atoms. The zero-order chi connectivity index (χ0) is 18.2. The number of carbonyl (C=O) groups is 2. The molecule has 0 rings (SSSR count). The average molecular weight is 344 g/mol. The van der Waals surface area contributed by atoms with Gasteiger partial charge in [0.25, 0.3) is 0 Å². The van der Waals surface area contributed by atoms with E-state index < -0.39 is 0 Å². The summed E-state index contributed by atoms with van der Waals surface area (Å²) in [5.41, 5.74) is 0. The summed E-state index contributed by atoms with van der Waals surface area (Å²) in [6.07, 6.45) is 5.17. The number of nitrogens with one attached hydrogen (secondary N) is 1. The molecule has 0 saturated carbocycles. The highest BCUT2D eigenvalue weighted by Gasteiger charge is 2.10. The third-order valence-electron chi connectivity index (χ3n) is 4.05. The molecule has 0 saturated heterocycles. The van der Waals surface area contributed by atoms with E-state index >= 15 is 0 Å². The van der Waals surface area contributed by atoms with E-state index in [2.05, 4.69) is 24.1 Å². The summed E-state index contributed by atoms with van der Waals surface area (Å²) >= 11 is 0. The third kappa shape index (κ3) is 12.2. The molecule has 0 aliphatic carbocycles. The monoisotopic (exact) mass is 343 g/mol. The van der Waals surface area contributed by atoms with Gasteiger partial charge in [0.1, 0.15) is 0 Å². The normalized spacial score (nSPS) is 10.7. The number of likely N-dealkylation sites (N-methyl/N-ethyl adjacent to an activating group) is 2. The number of amides is 2. The summed E-state index contributed by atoms with van der Waals surface area (Å²) in [5, 5.41) is 2.91. The number of hydrogen-bond donors (Lipinski definition) is 1. The van der Waals surface area contributed by atoms with Crippen LogP contribution in [-0.4, -0.2) is 68.2 Å². The van der Waals surface area contributed by atoms with Crippen LogP contribution in [0.5, 0.6) is 0 Å². The Balaban J connectivity index is 3.53. The minimum absolute atomic E-state index is 0.138. The molecule has 1 N–H and O–H groups in total. The standard InChI is InChI=1S/C18H37N3O3/c1-5-12-17(22)19-13-10-8-9-11-16-24-18(23)20(4)14-15-21(6-2)7-3/h5-16H2,1-4H3,(H,19,22). The number of hydrogen-bond acceptors (Lipinski definition) is 4. The van der Waals surface area contributed by atoms with Gasteiger partial charge in [-0.15, -0.1) is 0 Å². The van der Waals surface area contributed by atoms with Crippen LogP contribution in [0.2, 0.25) is 0 Å². The molecular weight excluding hydrogens is 306 g/mol. The highest BCUT2D eigenvalue weighted by molar-refractivity contribution is 5.75. The molecule has 0 bridgehead atoms. The van der Waals surface area contributed by atoms with E-state index in [9.17, 15) is 9.59 Å². The van der Waals surface area contributed by atoms with E-state index in [1.54, 1.807) is 11.9 Å². The fourth-order valence-electron chi connectivity index (χ4n) is 2.32. The third-order valence-corrected chi connectivity index (χ3v) is 4.05. The second kappa shape index (κ2) is 15.2. The minimum Gasteiger partial charge on any atom is -0.449 e.